The molecule has 0 aromatic carbocycles. The summed E-state index contributed by atoms with van der Waals surface area (Å²) in [5.41, 5.74) is 0.0853. The summed E-state index contributed by atoms with van der Waals surface area (Å²) in [4.78, 5) is 2.72. The van der Waals surface area contributed by atoms with Gasteiger partial charge in [-0.25, -0.2) is 0 Å². The lowest BCUT2D eigenvalue weighted by Gasteiger charge is -2.45. The van der Waals surface area contributed by atoms with Crippen molar-refractivity contribution in [1.29, 1.82) is 0 Å². The van der Waals surface area contributed by atoms with Gasteiger partial charge < -0.3 is 10.1 Å². The number of rotatable bonds is 5. The van der Waals surface area contributed by atoms with Crippen LogP contribution < -0.4 is 5.32 Å². The third-order valence-electron chi connectivity index (χ3n) is 5.59. The van der Waals surface area contributed by atoms with Crippen LogP contribution in [0.2, 0.25) is 0 Å². The zero-order chi connectivity index (χ0) is 15.6. The van der Waals surface area contributed by atoms with Gasteiger partial charge in [0.25, 0.3) is 0 Å². The third-order valence-corrected chi connectivity index (χ3v) is 5.59. The molecule has 2 saturated heterocycles. The zero-order valence-electron chi connectivity index (χ0n) is 15.0. The van der Waals surface area contributed by atoms with Crippen LogP contribution >= 0.6 is 0 Å². The number of hydrogen-bond acceptors (Lipinski definition) is 3. The number of nitrogens with zero attached hydrogens (tertiary/aromatic N) is 1. The topological polar surface area (TPSA) is 24.5 Å². The zero-order valence-corrected chi connectivity index (χ0v) is 15.0. The van der Waals surface area contributed by atoms with Crippen LogP contribution in [0, 0.1) is 11.8 Å². The molecule has 21 heavy (non-hydrogen) atoms. The highest BCUT2D eigenvalue weighted by atomic mass is 16.5. The molecule has 2 rings (SSSR count). The Balaban J connectivity index is 1.99. The molecule has 1 N–H and O–H groups in total. The van der Waals surface area contributed by atoms with E-state index in [1.807, 2.05) is 0 Å². The molecule has 0 bridgehead atoms. The van der Waals surface area contributed by atoms with Crippen LogP contribution in [0.5, 0.6) is 0 Å². The van der Waals surface area contributed by atoms with Crippen LogP contribution in [0.4, 0.5) is 0 Å². The van der Waals surface area contributed by atoms with Crippen LogP contribution in [-0.2, 0) is 4.74 Å². The van der Waals surface area contributed by atoms with Gasteiger partial charge >= 0.3 is 0 Å². The van der Waals surface area contributed by atoms with Gasteiger partial charge in [-0.3, -0.25) is 4.90 Å². The van der Waals surface area contributed by atoms with E-state index in [2.05, 4.69) is 51.8 Å². The standard InChI is InChI=1S/C18H36N2O/c1-7-14(4)17-10-19-16(13(2)3)12-20(17)11-15-8-9-18(5,6)21-15/h13-17,19H,7-12H2,1-6H3. The lowest BCUT2D eigenvalue weighted by atomic mass is 9.91. The first-order valence-corrected chi connectivity index (χ1v) is 8.97. The van der Waals surface area contributed by atoms with Crippen LogP contribution in [-0.4, -0.2) is 48.3 Å². The molecular weight excluding hydrogens is 260 g/mol. The van der Waals surface area contributed by atoms with Crippen molar-refractivity contribution in [2.24, 2.45) is 11.8 Å². The predicted octanol–water partition coefficient (Wildman–Crippen LogP) is 3.29. The molecule has 0 spiro atoms. The van der Waals surface area contributed by atoms with E-state index < -0.39 is 0 Å². The van der Waals surface area contributed by atoms with Crippen LogP contribution in [0.1, 0.15) is 60.8 Å². The molecule has 4 unspecified atom stereocenters. The van der Waals surface area contributed by atoms with Gasteiger partial charge in [0.05, 0.1) is 11.7 Å². The molecule has 3 nitrogen and oxygen atoms in total. The smallest absolute Gasteiger partial charge is 0.0710 e. The highest BCUT2D eigenvalue weighted by Gasteiger charge is 2.37. The van der Waals surface area contributed by atoms with Gasteiger partial charge in [0.2, 0.25) is 0 Å². The van der Waals surface area contributed by atoms with Crippen molar-refractivity contribution in [3.63, 3.8) is 0 Å². The van der Waals surface area contributed by atoms with Crippen molar-refractivity contribution in [3.8, 4) is 0 Å². The first-order chi connectivity index (χ1) is 9.82. The summed E-state index contributed by atoms with van der Waals surface area (Å²) in [6.07, 6.45) is 4.10. The predicted molar refractivity (Wildman–Crippen MR) is 89.6 cm³/mol. The Morgan fingerprint density at radius 2 is 2.00 bits per heavy atom. The molecule has 0 aromatic heterocycles. The lowest BCUT2D eigenvalue weighted by Crippen LogP contribution is -2.61. The minimum Gasteiger partial charge on any atom is -0.371 e. The second kappa shape index (κ2) is 6.97. The monoisotopic (exact) mass is 296 g/mol. The fourth-order valence-electron chi connectivity index (χ4n) is 3.81. The quantitative estimate of drug-likeness (QED) is 0.842. The molecule has 124 valence electrons. The Hall–Kier alpha value is -0.120. The second-order valence-electron chi connectivity index (χ2n) is 8.20. The van der Waals surface area contributed by atoms with E-state index in [4.69, 9.17) is 4.74 Å². The molecule has 4 atom stereocenters. The summed E-state index contributed by atoms with van der Waals surface area (Å²) in [7, 11) is 0. The summed E-state index contributed by atoms with van der Waals surface area (Å²) >= 11 is 0. The molecule has 0 aliphatic carbocycles. The van der Waals surface area contributed by atoms with E-state index in [-0.39, 0.29) is 5.60 Å². The van der Waals surface area contributed by atoms with Crippen molar-refractivity contribution in [2.45, 2.75) is 84.6 Å². The second-order valence-corrected chi connectivity index (χ2v) is 8.20. The van der Waals surface area contributed by atoms with E-state index in [0.29, 0.717) is 24.1 Å². The van der Waals surface area contributed by atoms with Gasteiger partial charge in [0, 0.05) is 31.7 Å². The molecule has 0 radical (unpaired) electrons. The summed E-state index contributed by atoms with van der Waals surface area (Å²) in [6.45, 7) is 17.2. The molecule has 2 aliphatic rings. The van der Waals surface area contributed by atoms with Gasteiger partial charge in [0.15, 0.2) is 0 Å². The van der Waals surface area contributed by atoms with Crippen molar-refractivity contribution in [1.82, 2.24) is 10.2 Å². The molecule has 0 amide bonds. The Kier molecular flexibility index (Phi) is 5.72. The lowest BCUT2D eigenvalue weighted by molar-refractivity contribution is -0.0442. The van der Waals surface area contributed by atoms with Gasteiger partial charge in [-0.2, -0.15) is 0 Å². The van der Waals surface area contributed by atoms with Crippen molar-refractivity contribution >= 4 is 0 Å². The minimum atomic E-state index is 0.0853. The fourth-order valence-corrected chi connectivity index (χ4v) is 3.81. The SMILES string of the molecule is CCC(C)C1CNC(C(C)C)CN1CC1CCC(C)(C)O1. The fraction of sp³-hybridized carbons (Fsp3) is 1.00. The van der Waals surface area contributed by atoms with E-state index in [0.717, 1.165) is 19.0 Å². The highest BCUT2D eigenvalue weighted by Crippen LogP contribution is 2.31. The summed E-state index contributed by atoms with van der Waals surface area (Å²) in [6, 6.07) is 1.29. The number of nitrogens with one attached hydrogen (secondary N) is 1. The average molecular weight is 296 g/mol. The van der Waals surface area contributed by atoms with Crippen LogP contribution in [0.15, 0.2) is 0 Å². The van der Waals surface area contributed by atoms with Crippen molar-refractivity contribution in [3.05, 3.63) is 0 Å². The number of hydrogen-bond donors (Lipinski definition) is 1. The highest BCUT2D eigenvalue weighted by molar-refractivity contribution is 4.92. The van der Waals surface area contributed by atoms with E-state index in [9.17, 15) is 0 Å². The van der Waals surface area contributed by atoms with Gasteiger partial charge in [-0.1, -0.05) is 34.1 Å². The summed E-state index contributed by atoms with van der Waals surface area (Å²) in [5.74, 6) is 1.45. The van der Waals surface area contributed by atoms with Gasteiger partial charge in [0.1, 0.15) is 0 Å². The van der Waals surface area contributed by atoms with Gasteiger partial charge in [-0.15, -0.1) is 0 Å². The summed E-state index contributed by atoms with van der Waals surface area (Å²) in [5, 5.41) is 3.77. The summed E-state index contributed by atoms with van der Waals surface area (Å²) < 4.78 is 6.25. The van der Waals surface area contributed by atoms with Gasteiger partial charge in [-0.05, 0) is 38.5 Å². The molecule has 0 saturated carbocycles. The molecule has 2 heterocycles. The average Bonchev–Trinajstić information content (AvgIpc) is 2.77. The first-order valence-electron chi connectivity index (χ1n) is 8.97. The van der Waals surface area contributed by atoms with Crippen LogP contribution in [0.3, 0.4) is 0 Å². The normalized spacial score (nSPS) is 35.3. The maximum Gasteiger partial charge on any atom is 0.0710 e. The first kappa shape index (κ1) is 17.2. The molecule has 3 heteroatoms. The Bertz CT molecular complexity index is 329. The van der Waals surface area contributed by atoms with E-state index in [1.165, 1.54) is 25.8 Å². The van der Waals surface area contributed by atoms with Crippen molar-refractivity contribution in [2.75, 3.05) is 19.6 Å². The molecular formula is C18H36N2O. The van der Waals surface area contributed by atoms with Crippen molar-refractivity contribution < 1.29 is 4.74 Å². The Morgan fingerprint density at radius 1 is 1.29 bits per heavy atom. The Labute approximate surface area is 131 Å². The van der Waals surface area contributed by atoms with E-state index >= 15 is 0 Å². The third kappa shape index (κ3) is 4.43. The number of ether oxygens (including phenoxy) is 1. The molecule has 2 fully saturated rings. The Morgan fingerprint density at radius 3 is 2.52 bits per heavy atom. The maximum atomic E-state index is 6.25. The number of piperazine rings is 1. The van der Waals surface area contributed by atoms with E-state index in [1.54, 1.807) is 0 Å². The minimum absolute atomic E-state index is 0.0853. The largest absolute Gasteiger partial charge is 0.371 e. The molecule has 0 aromatic rings. The molecule has 2 aliphatic heterocycles. The maximum absolute atomic E-state index is 6.25. The van der Waals surface area contributed by atoms with Crippen LogP contribution in [0.25, 0.3) is 0 Å².